The van der Waals surface area contributed by atoms with E-state index in [1.165, 1.54) is 0 Å². The Bertz CT molecular complexity index is 430. The zero-order chi connectivity index (χ0) is 12.1. The van der Waals surface area contributed by atoms with Crippen LogP contribution < -0.4 is 10.6 Å². The molecule has 2 rings (SSSR count). The van der Waals surface area contributed by atoms with Crippen LogP contribution in [0, 0.1) is 34.5 Å². The van der Waals surface area contributed by atoms with Crippen molar-refractivity contribution >= 4 is 11.8 Å². The lowest BCUT2D eigenvalue weighted by molar-refractivity contribution is -0.125. The standard InChI is InChI=1S/C10H10N4O2/c1-9-5(3-11)7(15)14-10(9,2)6(4-12)8(16)13-9/h5-6H,1-2H3,(H,13,16)(H,14,15)/t5-,6+,9-,10-/m1/s1. The van der Waals surface area contributed by atoms with Crippen LogP contribution in [0.2, 0.25) is 0 Å². The first kappa shape index (κ1) is 10.4. The van der Waals surface area contributed by atoms with Gasteiger partial charge in [0.2, 0.25) is 11.8 Å². The lowest BCUT2D eigenvalue weighted by Gasteiger charge is -2.34. The molecule has 2 N–H and O–H groups in total. The molecule has 0 radical (unpaired) electrons. The second kappa shape index (κ2) is 2.73. The third-order valence-corrected chi connectivity index (χ3v) is 3.78. The Morgan fingerprint density at radius 1 is 1.00 bits per heavy atom. The average molecular weight is 218 g/mol. The van der Waals surface area contributed by atoms with Crippen molar-refractivity contribution in [3.8, 4) is 12.1 Å². The Balaban J connectivity index is 2.58. The van der Waals surface area contributed by atoms with E-state index in [1.54, 1.807) is 13.8 Å². The maximum Gasteiger partial charge on any atom is 0.240 e. The van der Waals surface area contributed by atoms with Crippen molar-refractivity contribution in [1.82, 2.24) is 10.6 Å². The number of nitrogens with zero attached hydrogens (tertiary/aromatic N) is 2. The van der Waals surface area contributed by atoms with Crippen LogP contribution in [0.3, 0.4) is 0 Å². The van der Waals surface area contributed by atoms with Gasteiger partial charge in [0, 0.05) is 0 Å². The molecule has 2 amide bonds. The Morgan fingerprint density at radius 2 is 1.31 bits per heavy atom. The minimum Gasteiger partial charge on any atom is -0.345 e. The number of nitriles is 2. The molecule has 4 atom stereocenters. The third kappa shape index (κ3) is 0.849. The Labute approximate surface area is 92.2 Å². The summed E-state index contributed by atoms with van der Waals surface area (Å²) in [7, 11) is 0. The fourth-order valence-electron chi connectivity index (χ4n) is 2.56. The summed E-state index contributed by atoms with van der Waals surface area (Å²) in [6.07, 6.45) is 0. The number of amides is 2. The van der Waals surface area contributed by atoms with Crippen molar-refractivity contribution < 1.29 is 9.59 Å². The lowest BCUT2D eigenvalue weighted by Crippen LogP contribution is -2.57. The normalized spacial score (nSPS) is 45.2. The second-order valence-corrected chi connectivity index (χ2v) is 4.51. The number of carbonyl (C=O) groups excluding carboxylic acids is 2. The van der Waals surface area contributed by atoms with Gasteiger partial charge < -0.3 is 10.6 Å². The van der Waals surface area contributed by atoms with Gasteiger partial charge in [0.15, 0.2) is 0 Å². The zero-order valence-electron chi connectivity index (χ0n) is 8.87. The van der Waals surface area contributed by atoms with Gasteiger partial charge >= 0.3 is 0 Å². The van der Waals surface area contributed by atoms with Gasteiger partial charge in [0.1, 0.15) is 11.8 Å². The minimum absolute atomic E-state index is 0.437. The van der Waals surface area contributed by atoms with Crippen molar-refractivity contribution in [1.29, 1.82) is 10.5 Å². The maximum atomic E-state index is 11.6. The highest BCUT2D eigenvalue weighted by molar-refractivity contribution is 5.96. The van der Waals surface area contributed by atoms with Crippen LogP contribution >= 0.6 is 0 Å². The Kier molecular flexibility index (Phi) is 1.78. The summed E-state index contributed by atoms with van der Waals surface area (Å²) in [6, 6.07) is 3.76. The van der Waals surface area contributed by atoms with Gasteiger partial charge in [0.25, 0.3) is 0 Å². The fourth-order valence-corrected chi connectivity index (χ4v) is 2.56. The molecule has 2 saturated heterocycles. The highest BCUT2D eigenvalue weighted by Gasteiger charge is 2.69. The highest BCUT2D eigenvalue weighted by Crippen LogP contribution is 2.45. The summed E-state index contributed by atoms with van der Waals surface area (Å²) in [5.74, 6) is -2.79. The molecular weight excluding hydrogens is 208 g/mol. The molecule has 0 bridgehead atoms. The van der Waals surface area contributed by atoms with Crippen LogP contribution in [0.25, 0.3) is 0 Å². The molecule has 0 aliphatic carbocycles. The predicted octanol–water partition coefficient (Wildman–Crippen LogP) is -0.957. The molecule has 2 heterocycles. The van der Waals surface area contributed by atoms with E-state index in [0.717, 1.165) is 0 Å². The summed E-state index contributed by atoms with van der Waals surface area (Å²) in [6.45, 7) is 3.24. The van der Waals surface area contributed by atoms with E-state index < -0.39 is 34.7 Å². The lowest BCUT2D eigenvalue weighted by atomic mass is 9.73. The minimum atomic E-state index is -1.02. The van der Waals surface area contributed by atoms with E-state index >= 15 is 0 Å². The molecule has 6 heteroatoms. The largest absolute Gasteiger partial charge is 0.345 e. The first-order valence-electron chi connectivity index (χ1n) is 4.84. The van der Waals surface area contributed by atoms with Crippen molar-refractivity contribution in [2.24, 2.45) is 11.8 Å². The molecule has 0 aromatic rings. The van der Waals surface area contributed by atoms with Gasteiger partial charge in [-0.2, -0.15) is 10.5 Å². The molecular formula is C10H10N4O2. The van der Waals surface area contributed by atoms with Crippen LogP contribution in [0.4, 0.5) is 0 Å². The average Bonchev–Trinajstić information content (AvgIpc) is 2.46. The van der Waals surface area contributed by atoms with Crippen LogP contribution in [0.1, 0.15) is 13.8 Å². The summed E-state index contributed by atoms with van der Waals surface area (Å²) >= 11 is 0. The van der Waals surface area contributed by atoms with Crippen LogP contribution in [0.15, 0.2) is 0 Å². The van der Waals surface area contributed by atoms with Gasteiger partial charge in [-0.05, 0) is 13.8 Å². The molecule has 2 aliphatic rings. The van der Waals surface area contributed by atoms with E-state index in [-0.39, 0.29) is 0 Å². The Hall–Kier alpha value is -2.08. The van der Waals surface area contributed by atoms with E-state index in [9.17, 15) is 9.59 Å². The molecule has 0 aromatic heterocycles. The van der Waals surface area contributed by atoms with E-state index in [1.807, 2.05) is 12.1 Å². The molecule has 2 fully saturated rings. The van der Waals surface area contributed by atoms with Crippen molar-refractivity contribution in [3.63, 3.8) is 0 Å². The van der Waals surface area contributed by atoms with Crippen molar-refractivity contribution in [2.75, 3.05) is 0 Å². The zero-order valence-corrected chi connectivity index (χ0v) is 8.87. The fraction of sp³-hybridized carbons (Fsp3) is 0.600. The number of hydrogen-bond donors (Lipinski definition) is 2. The molecule has 2 aliphatic heterocycles. The van der Waals surface area contributed by atoms with Crippen LogP contribution in [0.5, 0.6) is 0 Å². The van der Waals surface area contributed by atoms with Gasteiger partial charge in [-0.1, -0.05) is 0 Å². The number of carbonyl (C=O) groups is 2. The SMILES string of the molecule is C[C@]12NC(=O)[C@H](C#N)[C@@]1(C)NC(=O)[C@H]2C#N. The van der Waals surface area contributed by atoms with E-state index in [4.69, 9.17) is 10.5 Å². The van der Waals surface area contributed by atoms with Crippen molar-refractivity contribution in [3.05, 3.63) is 0 Å². The van der Waals surface area contributed by atoms with Gasteiger partial charge in [-0.25, -0.2) is 0 Å². The summed E-state index contributed by atoms with van der Waals surface area (Å²) in [5, 5.41) is 23.1. The topological polar surface area (TPSA) is 106 Å². The van der Waals surface area contributed by atoms with Crippen LogP contribution in [-0.2, 0) is 9.59 Å². The molecule has 82 valence electrons. The monoisotopic (exact) mass is 218 g/mol. The quantitative estimate of drug-likeness (QED) is 0.546. The van der Waals surface area contributed by atoms with E-state index in [0.29, 0.717) is 0 Å². The molecule has 16 heavy (non-hydrogen) atoms. The molecule has 6 nitrogen and oxygen atoms in total. The predicted molar refractivity (Wildman–Crippen MR) is 51.3 cm³/mol. The Morgan fingerprint density at radius 3 is 1.56 bits per heavy atom. The summed E-state index contributed by atoms with van der Waals surface area (Å²) < 4.78 is 0. The molecule has 0 aromatic carbocycles. The van der Waals surface area contributed by atoms with Gasteiger partial charge in [0.05, 0.1) is 23.2 Å². The van der Waals surface area contributed by atoms with Crippen LogP contribution in [-0.4, -0.2) is 22.9 Å². The third-order valence-electron chi connectivity index (χ3n) is 3.78. The van der Waals surface area contributed by atoms with Crippen molar-refractivity contribution in [2.45, 2.75) is 24.9 Å². The first-order valence-corrected chi connectivity index (χ1v) is 4.84. The number of nitrogens with one attached hydrogen (secondary N) is 2. The maximum absolute atomic E-state index is 11.6. The van der Waals surface area contributed by atoms with Gasteiger partial charge in [-0.15, -0.1) is 0 Å². The number of rotatable bonds is 0. The molecule has 0 unspecified atom stereocenters. The number of fused-ring (bicyclic) bond motifs is 1. The summed E-state index contributed by atoms with van der Waals surface area (Å²) in [4.78, 5) is 23.2. The highest BCUT2D eigenvalue weighted by atomic mass is 16.2. The molecule has 0 spiro atoms. The second-order valence-electron chi connectivity index (χ2n) is 4.51. The molecule has 0 saturated carbocycles. The number of hydrogen-bond acceptors (Lipinski definition) is 4. The smallest absolute Gasteiger partial charge is 0.240 e. The van der Waals surface area contributed by atoms with E-state index in [2.05, 4.69) is 10.6 Å². The first-order chi connectivity index (χ1) is 7.40. The summed E-state index contributed by atoms with van der Waals surface area (Å²) in [5.41, 5.74) is -2.04. The van der Waals surface area contributed by atoms with Gasteiger partial charge in [-0.3, -0.25) is 9.59 Å².